The summed E-state index contributed by atoms with van der Waals surface area (Å²) in [5.74, 6) is -2.16. The number of aliphatic imine (C=N–C) groups is 1. The van der Waals surface area contributed by atoms with Gasteiger partial charge in [-0.25, -0.2) is 32.5 Å². The lowest BCUT2D eigenvalue weighted by Gasteiger charge is -2.25. The Morgan fingerprint density at radius 1 is 0.538 bits per heavy atom. The average molecular weight is 689 g/mol. The second-order valence-corrected chi connectivity index (χ2v) is 11.2. The average Bonchev–Trinajstić information content (AvgIpc) is 3.16. The van der Waals surface area contributed by atoms with Gasteiger partial charge in [0.05, 0.1) is 39.8 Å². The Kier molecular flexibility index (Phi) is 9.50. The number of halogens is 4. The van der Waals surface area contributed by atoms with Crippen LogP contribution in [-0.2, 0) is 0 Å². The quantitative estimate of drug-likeness (QED) is 0.110. The summed E-state index contributed by atoms with van der Waals surface area (Å²) < 4.78 is 56.0. The number of benzene rings is 4. The molecule has 1 aliphatic carbocycles. The Hall–Kier alpha value is -7.67. The van der Waals surface area contributed by atoms with Crippen molar-refractivity contribution in [3.8, 4) is 46.8 Å². The molecule has 0 unspecified atom stereocenters. The van der Waals surface area contributed by atoms with E-state index in [-0.39, 0.29) is 63.0 Å². The minimum atomic E-state index is -0.557. The zero-order valence-corrected chi connectivity index (χ0v) is 26.7. The van der Waals surface area contributed by atoms with Gasteiger partial charge in [0, 0.05) is 28.7 Å². The Labute approximate surface area is 294 Å². The Bertz CT molecular complexity index is 2510. The molecule has 8 nitrogen and oxygen atoms in total. The van der Waals surface area contributed by atoms with Gasteiger partial charge >= 0.3 is 0 Å². The number of hydrogen-bond donors (Lipinski definition) is 1. The van der Waals surface area contributed by atoms with E-state index < -0.39 is 28.8 Å². The van der Waals surface area contributed by atoms with Crippen LogP contribution in [0.2, 0.25) is 0 Å². The number of rotatable bonds is 5. The van der Waals surface area contributed by atoms with E-state index in [4.69, 9.17) is 20.7 Å². The Morgan fingerprint density at radius 3 is 1.38 bits per heavy atom. The molecule has 1 heterocycles. The number of allylic oxidation sites excluding steroid dienone is 4. The Morgan fingerprint density at radius 2 is 0.942 bits per heavy atom. The molecule has 0 bridgehead atoms. The fourth-order valence-corrected chi connectivity index (χ4v) is 5.57. The van der Waals surface area contributed by atoms with Crippen LogP contribution in [0.25, 0.3) is 45.1 Å². The minimum Gasteiger partial charge on any atom is -0.396 e. The molecule has 0 spiro atoms. The normalized spacial score (nSPS) is 13.2. The third-order valence-electron chi connectivity index (χ3n) is 8.06. The van der Waals surface area contributed by atoms with Crippen molar-refractivity contribution in [2.45, 2.75) is 6.42 Å². The van der Waals surface area contributed by atoms with Crippen LogP contribution in [0.15, 0.2) is 113 Å². The number of aromatic nitrogens is 2. The SMILES string of the molecule is N#CC(C#N)=C1C/C(=N\C(=C(/N)c2ccc(F)cc2)c2ccc(F)cc2)C(=C(C#N)C#N)c2nc(-c3ccc(F)cc3)c(-c3ccc(F)cc3)nc21. The third kappa shape index (κ3) is 6.64. The molecule has 0 radical (unpaired) electrons. The standard InChI is InChI=1S/C40H20F4N8/c41-28-9-1-22(2-10-28)35(49)36(23-3-11-29(42)12-4-23)50-33-17-32(26(18-45)19-46)39-40(34(33)27(20-47)21-48)52-38(25-7-15-31(44)16-8-25)37(51-39)24-5-13-30(43)14-6-24/h1-16H,17,49H2/b36-35-,50-33+. The van der Waals surface area contributed by atoms with Crippen LogP contribution in [0.1, 0.15) is 28.9 Å². The summed E-state index contributed by atoms with van der Waals surface area (Å²) in [4.78, 5) is 14.5. The molecule has 12 heteroatoms. The van der Waals surface area contributed by atoms with E-state index in [2.05, 4.69) is 0 Å². The third-order valence-corrected chi connectivity index (χ3v) is 8.06. The van der Waals surface area contributed by atoms with Crippen molar-refractivity contribution in [2.75, 3.05) is 0 Å². The molecule has 1 aromatic heterocycles. The molecule has 4 aromatic carbocycles. The van der Waals surface area contributed by atoms with Crippen LogP contribution in [0.4, 0.5) is 17.6 Å². The smallest absolute Gasteiger partial charge is 0.140 e. The first kappa shape index (κ1) is 34.2. The van der Waals surface area contributed by atoms with E-state index in [1.54, 1.807) is 0 Å². The number of nitrogens with two attached hydrogens (primary N) is 1. The van der Waals surface area contributed by atoms with Crippen molar-refractivity contribution in [1.29, 1.82) is 21.0 Å². The predicted molar refractivity (Wildman–Crippen MR) is 185 cm³/mol. The van der Waals surface area contributed by atoms with Crippen LogP contribution in [0.3, 0.4) is 0 Å². The summed E-state index contributed by atoms with van der Waals surface area (Å²) in [6.45, 7) is 0. The minimum absolute atomic E-state index is 0.00998. The maximum Gasteiger partial charge on any atom is 0.140 e. The number of nitrogens with zero attached hydrogens (tertiary/aromatic N) is 7. The monoisotopic (exact) mass is 688 g/mol. The van der Waals surface area contributed by atoms with E-state index >= 15 is 0 Å². The lowest BCUT2D eigenvalue weighted by molar-refractivity contribution is 0.627. The van der Waals surface area contributed by atoms with E-state index in [0.717, 1.165) is 0 Å². The van der Waals surface area contributed by atoms with E-state index in [1.807, 2.05) is 24.3 Å². The summed E-state index contributed by atoms with van der Waals surface area (Å²) in [6, 6.07) is 28.3. The van der Waals surface area contributed by atoms with Crippen LogP contribution in [0, 0.1) is 68.6 Å². The van der Waals surface area contributed by atoms with Gasteiger partial charge in [0.2, 0.25) is 0 Å². The number of fused-ring (bicyclic) bond motifs is 1. The van der Waals surface area contributed by atoms with Crippen molar-refractivity contribution in [2.24, 2.45) is 10.7 Å². The first-order chi connectivity index (χ1) is 25.1. The van der Waals surface area contributed by atoms with Gasteiger partial charge in [-0.05, 0) is 103 Å². The van der Waals surface area contributed by atoms with E-state index in [1.165, 1.54) is 97.1 Å². The largest absolute Gasteiger partial charge is 0.396 e. The van der Waals surface area contributed by atoms with E-state index in [0.29, 0.717) is 22.3 Å². The van der Waals surface area contributed by atoms with Gasteiger partial charge in [0.25, 0.3) is 0 Å². The van der Waals surface area contributed by atoms with Crippen LogP contribution in [0.5, 0.6) is 0 Å². The zero-order valence-electron chi connectivity index (χ0n) is 26.7. The molecule has 0 aliphatic heterocycles. The van der Waals surface area contributed by atoms with E-state index in [9.17, 15) is 38.6 Å². The van der Waals surface area contributed by atoms with Crippen molar-refractivity contribution in [1.82, 2.24) is 9.97 Å². The number of hydrogen-bond acceptors (Lipinski definition) is 8. The summed E-state index contributed by atoms with van der Waals surface area (Å²) >= 11 is 0. The summed E-state index contributed by atoms with van der Waals surface area (Å²) in [5.41, 5.74) is 7.27. The first-order valence-corrected chi connectivity index (χ1v) is 15.3. The molecule has 0 amide bonds. The van der Waals surface area contributed by atoms with Gasteiger partial charge in [-0.1, -0.05) is 0 Å². The summed E-state index contributed by atoms with van der Waals surface area (Å²) in [5, 5.41) is 40.6. The highest BCUT2D eigenvalue weighted by molar-refractivity contribution is 6.32. The summed E-state index contributed by atoms with van der Waals surface area (Å²) in [6.07, 6.45) is -0.333. The molecule has 6 rings (SSSR count). The van der Waals surface area contributed by atoms with Gasteiger partial charge in [-0.15, -0.1) is 0 Å². The van der Waals surface area contributed by atoms with Crippen molar-refractivity contribution in [3.05, 3.63) is 154 Å². The topological polar surface area (TPSA) is 159 Å². The zero-order chi connectivity index (χ0) is 36.9. The predicted octanol–water partition coefficient (Wildman–Crippen LogP) is 8.30. The molecule has 0 saturated heterocycles. The lowest BCUT2D eigenvalue weighted by atomic mass is 9.83. The highest BCUT2D eigenvalue weighted by Crippen LogP contribution is 2.42. The van der Waals surface area contributed by atoms with Crippen LogP contribution < -0.4 is 5.73 Å². The second kappa shape index (κ2) is 14.4. The fraction of sp³-hybridized carbons (Fsp3) is 0.0250. The van der Waals surface area contributed by atoms with Gasteiger partial charge in [0.15, 0.2) is 0 Å². The molecule has 1 aliphatic rings. The molecule has 0 atom stereocenters. The molecule has 2 N–H and O–H groups in total. The van der Waals surface area contributed by atoms with Crippen molar-refractivity contribution >= 4 is 28.3 Å². The molecule has 5 aromatic rings. The molecule has 248 valence electrons. The van der Waals surface area contributed by atoms with Crippen LogP contribution in [-0.4, -0.2) is 15.7 Å². The molecular weight excluding hydrogens is 668 g/mol. The molecule has 0 fully saturated rings. The number of nitriles is 4. The van der Waals surface area contributed by atoms with Gasteiger partial charge in [0.1, 0.15) is 64.4 Å². The maximum absolute atomic E-state index is 14.1. The molecule has 52 heavy (non-hydrogen) atoms. The fourth-order valence-electron chi connectivity index (χ4n) is 5.57. The van der Waals surface area contributed by atoms with Crippen molar-refractivity contribution in [3.63, 3.8) is 0 Å². The lowest BCUT2D eigenvalue weighted by Crippen LogP contribution is -2.20. The molecule has 0 saturated carbocycles. The van der Waals surface area contributed by atoms with Crippen molar-refractivity contribution < 1.29 is 17.6 Å². The van der Waals surface area contributed by atoms with Gasteiger partial charge < -0.3 is 5.73 Å². The molecular formula is C40H20F4N8. The maximum atomic E-state index is 14.1. The van der Waals surface area contributed by atoms with Crippen LogP contribution >= 0.6 is 0 Å². The van der Waals surface area contributed by atoms with Gasteiger partial charge in [-0.2, -0.15) is 21.0 Å². The first-order valence-electron chi connectivity index (χ1n) is 15.3. The van der Waals surface area contributed by atoms with Gasteiger partial charge in [-0.3, -0.25) is 0 Å². The highest BCUT2D eigenvalue weighted by atomic mass is 19.1. The highest BCUT2D eigenvalue weighted by Gasteiger charge is 2.34. The second-order valence-electron chi connectivity index (χ2n) is 11.2. The summed E-state index contributed by atoms with van der Waals surface area (Å²) in [7, 11) is 0. The Balaban J connectivity index is 1.74.